The molecule has 0 radical (unpaired) electrons. The third-order valence-electron chi connectivity index (χ3n) is 5.04. The minimum absolute atomic E-state index is 0.0468. The second kappa shape index (κ2) is 7.96. The van der Waals surface area contributed by atoms with Crippen LogP contribution in [0.1, 0.15) is 50.2 Å². The van der Waals surface area contributed by atoms with Crippen LogP contribution in [0.15, 0.2) is 60.7 Å². The highest BCUT2D eigenvalue weighted by Crippen LogP contribution is 2.41. The van der Waals surface area contributed by atoms with E-state index in [9.17, 15) is 0 Å². The van der Waals surface area contributed by atoms with Gasteiger partial charge in [-0.15, -0.1) is 0 Å². The van der Waals surface area contributed by atoms with Crippen molar-refractivity contribution in [3.63, 3.8) is 0 Å². The van der Waals surface area contributed by atoms with Crippen LogP contribution < -0.4 is 5.73 Å². The molecule has 0 spiro atoms. The van der Waals surface area contributed by atoms with Gasteiger partial charge in [0.25, 0.3) is 0 Å². The zero-order chi connectivity index (χ0) is 16.8. The molecule has 128 valence electrons. The monoisotopic (exact) mass is 323 g/mol. The predicted molar refractivity (Wildman–Crippen MR) is 99.8 cm³/mol. The van der Waals surface area contributed by atoms with E-state index in [-0.39, 0.29) is 6.04 Å². The molecular weight excluding hydrogens is 294 g/mol. The molecule has 1 saturated carbocycles. The highest BCUT2D eigenvalue weighted by molar-refractivity contribution is 5.38. The zero-order valence-corrected chi connectivity index (χ0v) is 14.7. The minimum atomic E-state index is -0.562. The lowest BCUT2D eigenvalue weighted by atomic mass is 9.78. The summed E-state index contributed by atoms with van der Waals surface area (Å²) in [5.74, 6) is 0.881. The van der Waals surface area contributed by atoms with Gasteiger partial charge in [-0.3, -0.25) is 0 Å². The molecule has 24 heavy (non-hydrogen) atoms. The summed E-state index contributed by atoms with van der Waals surface area (Å²) in [6, 6.07) is 21.0. The molecular formula is C22H29NO. The Kier molecular flexibility index (Phi) is 5.70. The van der Waals surface area contributed by atoms with E-state index in [4.69, 9.17) is 10.5 Å². The van der Waals surface area contributed by atoms with Crippen LogP contribution in [0.2, 0.25) is 0 Å². The lowest BCUT2D eigenvalue weighted by molar-refractivity contribution is -0.0395. The highest BCUT2D eigenvalue weighted by atomic mass is 16.5. The molecule has 0 aromatic heterocycles. The van der Waals surface area contributed by atoms with Crippen molar-refractivity contribution in [2.24, 2.45) is 11.7 Å². The van der Waals surface area contributed by atoms with Gasteiger partial charge in [0.05, 0.1) is 0 Å². The molecule has 0 bridgehead atoms. The average Bonchev–Trinajstić information content (AvgIpc) is 3.47. The smallest absolute Gasteiger partial charge is 0.133 e. The first-order valence-electron chi connectivity index (χ1n) is 9.28. The Labute approximate surface area is 146 Å². The van der Waals surface area contributed by atoms with Crippen LogP contribution in [0.3, 0.4) is 0 Å². The van der Waals surface area contributed by atoms with E-state index >= 15 is 0 Å². The Hall–Kier alpha value is -1.64. The van der Waals surface area contributed by atoms with Crippen LogP contribution in [-0.2, 0) is 10.3 Å². The normalized spacial score (nSPS) is 16.1. The predicted octanol–water partition coefficient (Wildman–Crippen LogP) is 4.87. The number of hydrogen-bond donors (Lipinski definition) is 1. The topological polar surface area (TPSA) is 35.2 Å². The van der Waals surface area contributed by atoms with E-state index in [1.807, 2.05) is 0 Å². The molecule has 0 amide bonds. The van der Waals surface area contributed by atoms with Crippen molar-refractivity contribution in [3.8, 4) is 0 Å². The number of nitrogens with two attached hydrogens (primary N) is 1. The molecule has 0 aliphatic heterocycles. The van der Waals surface area contributed by atoms with E-state index in [1.54, 1.807) is 0 Å². The second-order valence-electron chi connectivity index (χ2n) is 6.94. The zero-order valence-electron chi connectivity index (χ0n) is 14.7. The Morgan fingerprint density at radius 1 is 1.00 bits per heavy atom. The number of benzene rings is 2. The summed E-state index contributed by atoms with van der Waals surface area (Å²) >= 11 is 0. The van der Waals surface area contributed by atoms with E-state index in [0.29, 0.717) is 6.61 Å². The van der Waals surface area contributed by atoms with Crippen molar-refractivity contribution in [2.75, 3.05) is 6.61 Å². The van der Waals surface area contributed by atoms with Gasteiger partial charge >= 0.3 is 0 Å². The second-order valence-corrected chi connectivity index (χ2v) is 6.94. The lowest BCUT2D eigenvalue weighted by Crippen LogP contribution is -2.48. The van der Waals surface area contributed by atoms with Crippen LogP contribution in [0.5, 0.6) is 0 Å². The van der Waals surface area contributed by atoms with Crippen molar-refractivity contribution in [1.29, 1.82) is 0 Å². The fourth-order valence-electron chi connectivity index (χ4n) is 3.53. The SMILES string of the molecule is CCCOC(c1ccccc1)(c1ccccc1)C(N)CCC1CC1. The Balaban J connectivity index is 2.01. The Morgan fingerprint density at radius 3 is 2.00 bits per heavy atom. The quantitative estimate of drug-likeness (QED) is 0.714. The van der Waals surface area contributed by atoms with Crippen LogP contribution in [0, 0.1) is 5.92 Å². The Bertz CT molecular complexity index is 567. The van der Waals surface area contributed by atoms with Gasteiger partial charge in [-0.1, -0.05) is 80.4 Å². The maximum absolute atomic E-state index is 6.81. The molecule has 1 unspecified atom stereocenters. The molecule has 1 atom stereocenters. The number of hydrogen-bond acceptors (Lipinski definition) is 2. The van der Waals surface area contributed by atoms with Crippen molar-refractivity contribution in [1.82, 2.24) is 0 Å². The van der Waals surface area contributed by atoms with Gasteiger partial charge in [-0.25, -0.2) is 0 Å². The van der Waals surface area contributed by atoms with Crippen molar-refractivity contribution < 1.29 is 4.74 Å². The van der Waals surface area contributed by atoms with Gasteiger partial charge in [-0.05, 0) is 36.3 Å². The van der Waals surface area contributed by atoms with E-state index in [1.165, 1.54) is 19.3 Å². The Morgan fingerprint density at radius 2 is 1.54 bits per heavy atom. The van der Waals surface area contributed by atoms with Crippen molar-refractivity contribution in [3.05, 3.63) is 71.8 Å². The molecule has 2 aromatic rings. The molecule has 3 rings (SSSR count). The lowest BCUT2D eigenvalue weighted by Gasteiger charge is -2.40. The van der Waals surface area contributed by atoms with E-state index < -0.39 is 5.60 Å². The van der Waals surface area contributed by atoms with Gasteiger partial charge in [0.1, 0.15) is 5.60 Å². The molecule has 0 heterocycles. The molecule has 1 aliphatic carbocycles. The molecule has 2 heteroatoms. The summed E-state index contributed by atoms with van der Waals surface area (Å²) < 4.78 is 6.54. The summed E-state index contributed by atoms with van der Waals surface area (Å²) in [7, 11) is 0. The van der Waals surface area contributed by atoms with Gasteiger partial charge < -0.3 is 10.5 Å². The molecule has 2 aromatic carbocycles. The van der Waals surface area contributed by atoms with Crippen LogP contribution in [0.4, 0.5) is 0 Å². The van der Waals surface area contributed by atoms with Gasteiger partial charge in [0, 0.05) is 12.6 Å². The van der Waals surface area contributed by atoms with Gasteiger partial charge in [-0.2, -0.15) is 0 Å². The molecule has 0 saturated heterocycles. The molecule has 1 fully saturated rings. The van der Waals surface area contributed by atoms with Crippen LogP contribution in [0.25, 0.3) is 0 Å². The summed E-state index contributed by atoms with van der Waals surface area (Å²) in [6.45, 7) is 2.86. The van der Waals surface area contributed by atoms with E-state index in [2.05, 4.69) is 67.6 Å². The fourth-order valence-corrected chi connectivity index (χ4v) is 3.53. The maximum Gasteiger partial charge on any atom is 0.133 e. The average molecular weight is 323 g/mol. The van der Waals surface area contributed by atoms with Crippen molar-refractivity contribution >= 4 is 0 Å². The minimum Gasteiger partial charge on any atom is -0.364 e. The summed E-state index contributed by atoms with van der Waals surface area (Å²) in [5.41, 5.74) is 8.57. The largest absolute Gasteiger partial charge is 0.364 e. The number of ether oxygens (including phenoxy) is 1. The highest BCUT2D eigenvalue weighted by Gasteiger charge is 2.41. The third kappa shape index (κ3) is 3.71. The van der Waals surface area contributed by atoms with Gasteiger partial charge in [0.15, 0.2) is 0 Å². The van der Waals surface area contributed by atoms with E-state index in [0.717, 1.165) is 29.9 Å². The summed E-state index contributed by atoms with van der Waals surface area (Å²) in [5, 5.41) is 0. The maximum atomic E-state index is 6.81. The molecule has 2 nitrogen and oxygen atoms in total. The van der Waals surface area contributed by atoms with Gasteiger partial charge in [0.2, 0.25) is 0 Å². The third-order valence-corrected chi connectivity index (χ3v) is 5.04. The fraction of sp³-hybridized carbons (Fsp3) is 0.455. The van der Waals surface area contributed by atoms with Crippen LogP contribution in [-0.4, -0.2) is 12.6 Å². The first-order valence-corrected chi connectivity index (χ1v) is 9.28. The number of rotatable bonds is 9. The molecule has 2 N–H and O–H groups in total. The van der Waals surface area contributed by atoms with Crippen LogP contribution >= 0.6 is 0 Å². The van der Waals surface area contributed by atoms with Crippen molar-refractivity contribution in [2.45, 2.75) is 50.7 Å². The first kappa shape index (κ1) is 17.2. The standard InChI is InChI=1S/C22H29NO/c1-2-17-24-22(19-9-5-3-6-10-19,20-11-7-4-8-12-20)21(23)16-15-18-13-14-18/h3-12,18,21H,2,13-17,23H2,1H3. The first-order chi connectivity index (χ1) is 11.8. The summed E-state index contributed by atoms with van der Waals surface area (Å²) in [6.07, 6.45) is 5.92. The molecule has 1 aliphatic rings. The summed E-state index contributed by atoms with van der Waals surface area (Å²) in [4.78, 5) is 0.